The van der Waals surface area contributed by atoms with Crippen molar-refractivity contribution in [3.8, 4) is 0 Å². The van der Waals surface area contributed by atoms with Crippen LogP contribution in [0.5, 0.6) is 0 Å². The average Bonchev–Trinajstić information content (AvgIpc) is 2.64. The Morgan fingerprint density at radius 2 is 1.89 bits per heavy atom. The smallest absolute Gasteiger partial charge is 0.276 e. The second kappa shape index (κ2) is 8.13. The van der Waals surface area contributed by atoms with E-state index in [4.69, 9.17) is 0 Å². The number of nitrogens with zero attached hydrogens (tertiary/aromatic N) is 2. The van der Waals surface area contributed by atoms with Gasteiger partial charge in [0.25, 0.3) is 11.8 Å². The number of nitrogens with one attached hydrogen (secondary N) is 2. The third kappa shape index (κ3) is 4.15. The van der Waals surface area contributed by atoms with E-state index in [1.165, 1.54) is 0 Å². The van der Waals surface area contributed by atoms with E-state index in [1.54, 1.807) is 42.5 Å². The minimum Gasteiger partial charge on any atom is -0.276 e. The van der Waals surface area contributed by atoms with Crippen molar-refractivity contribution in [3.63, 3.8) is 0 Å². The molecule has 0 saturated carbocycles. The third-order valence-corrected chi connectivity index (χ3v) is 4.49. The van der Waals surface area contributed by atoms with E-state index in [9.17, 15) is 19.2 Å². The Labute approximate surface area is 168 Å². The Hall–Kier alpha value is -3.33. The SMILES string of the molecule is Cc1cccc(N2C(=O)NC(=O)[C@@H](/C=N\NC(=O)c3ccc(Br)cc3)C2=O)c1. The maximum absolute atomic E-state index is 12.7. The molecule has 2 aromatic rings. The summed E-state index contributed by atoms with van der Waals surface area (Å²) in [5.74, 6) is -3.40. The summed E-state index contributed by atoms with van der Waals surface area (Å²) in [7, 11) is 0. The molecule has 0 bridgehead atoms. The molecule has 0 aromatic heterocycles. The fourth-order valence-electron chi connectivity index (χ4n) is 2.57. The fraction of sp³-hybridized carbons (Fsp3) is 0.105. The number of amides is 5. The largest absolute Gasteiger partial charge is 0.335 e. The monoisotopic (exact) mass is 442 g/mol. The first-order chi connectivity index (χ1) is 13.4. The van der Waals surface area contributed by atoms with Crippen LogP contribution in [0.3, 0.4) is 0 Å². The molecule has 1 heterocycles. The number of hydrogen-bond acceptors (Lipinski definition) is 5. The van der Waals surface area contributed by atoms with Crippen LogP contribution in [-0.2, 0) is 9.59 Å². The van der Waals surface area contributed by atoms with Crippen molar-refractivity contribution in [3.05, 3.63) is 64.1 Å². The molecule has 1 fully saturated rings. The van der Waals surface area contributed by atoms with Gasteiger partial charge in [0.1, 0.15) is 0 Å². The van der Waals surface area contributed by atoms with E-state index in [-0.39, 0.29) is 0 Å². The molecule has 2 N–H and O–H groups in total. The molecular formula is C19H15BrN4O4. The third-order valence-electron chi connectivity index (χ3n) is 3.96. The summed E-state index contributed by atoms with van der Waals surface area (Å²) in [6.07, 6.45) is 1.00. The summed E-state index contributed by atoms with van der Waals surface area (Å²) in [5, 5.41) is 5.83. The van der Waals surface area contributed by atoms with Crippen molar-refractivity contribution >= 4 is 51.6 Å². The lowest BCUT2D eigenvalue weighted by molar-refractivity contribution is -0.131. The van der Waals surface area contributed by atoms with Crippen LogP contribution in [0.2, 0.25) is 0 Å². The van der Waals surface area contributed by atoms with Gasteiger partial charge in [0.15, 0.2) is 5.92 Å². The number of hydrogen-bond donors (Lipinski definition) is 2. The van der Waals surface area contributed by atoms with Gasteiger partial charge < -0.3 is 0 Å². The summed E-state index contributed by atoms with van der Waals surface area (Å²) in [6.45, 7) is 1.82. The van der Waals surface area contributed by atoms with Gasteiger partial charge in [-0.3, -0.25) is 19.7 Å². The Morgan fingerprint density at radius 3 is 2.57 bits per heavy atom. The number of imide groups is 2. The van der Waals surface area contributed by atoms with Crippen LogP contribution < -0.4 is 15.6 Å². The van der Waals surface area contributed by atoms with Crippen molar-refractivity contribution in [1.82, 2.24) is 10.7 Å². The highest BCUT2D eigenvalue weighted by Gasteiger charge is 2.40. The van der Waals surface area contributed by atoms with Crippen LogP contribution in [-0.4, -0.2) is 30.0 Å². The molecule has 0 spiro atoms. The lowest BCUT2D eigenvalue weighted by Gasteiger charge is -2.28. The van der Waals surface area contributed by atoms with Crippen LogP contribution in [0.25, 0.3) is 0 Å². The normalized spacial score (nSPS) is 17.0. The summed E-state index contributed by atoms with van der Waals surface area (Å²) in [6, 6.07) is 12.5. The number of rotatable bonds is 4. The molecule has 1 atom stereocenters. The van der Waals surface area contributed by atoms with Gasteiger partial charge in [-0.1, -0.05) is 28.1 Å². The zero-order chi connectivity index (χ0) is 20.3. The van der Waals surface area contributed by atoms with E-state index in [0.717, 1.165) is 21.2 Å². The van der Waals surface area contributed by atoms with Gasteiger partial charge in [-0.15, -0.1) is 0 Å². The maximum Gasteiger partial charge on any atom is 0.335 e. The molecule has 28 heavy (non-hydrogen) atoms. The number of aryl methyl sites for hydroxylation is 1. The molecular weight excluding hydrogens is 428 g/mol. The highest BCUT2D eigenvalue weighted by molar-refractivity contribution is 9.10. The molecule has 2 aromatic carbocycles. The maximum atomic E-state index is 12.7. The number of carbonyl (C=O) groups excluding carboxylic acids is 4. The van der Waals surface area contributed by atoms with Crippen LogP contribution in [0.15, 0.2) is 58.1 Å². The minimum atomic E-state index is -1.34. The van der Waals surface area contributed by atoms with Crippen LogP contribution in [0.4, 0.5) is 10.5 Å². The molecule has 9 heteroatoms. The summed E-state index contributed by atoms with van der Waals surface area (Å²) in [5.41, 5.74) is 3.81. The molecule has 3 rings (SSSR count). The molecule has 0 aliphatic carbocycles. The lowest BCUT2D eigenvalue weighted by Crippen LogP contribution is -2.58. The number of urea groups is 1. The molecule has 0 unspecified atom stereocenters. The molecule has 1 aliphatic heterocycles. The predicted molar refractivity (Wildman–Crippen MR) is 106 cm³/mol. The fourth-order valence-corrected chi connectivity index (χ4v) is 2.83. The van der Waals surface area contributed by atoms with Gasteiger partial charge in [-0.05, 0) is 48.9 Å². The van der Waals surface area contributed by atoms with E-state index < -0.39 is 29.7 Å². The van der Waals surface area contributed by atoms with Crippen molar-refractivity contribution < 1.29 is 19.2 Å². The number of benzene rings is 2. The second-order valence-corrected chi connectivity index (χ2v) is 6.93. The van der Waals surface area contributed by atoms with Crippen LogP contribution >= 0.6 is 15.9 Å². The highest BCUT2D eigenvalue weighted by atomic mass is 79.9. The molecule has 1 aliphatic rings. The lowest BCUT2D eigenvalue weighted by atomic mass is 10.1. The van der Waals surface area contributed by atoms with Crippen molar-refractivity contribution in [2.24, 2.45) is 11.0 Å². The highest BCUT2D eigenvalue weighted by Crippen LogP contribution is 2.21. The topological polar surface area (TPSA) is 108 Å². The summed E-state index contributed by atoms with van der Waals surface area (Å²) in [4.78, 5) is 49.8. The van der Waals surface area contributed by atoms with Crippen molar-refractivity contribution in [1.29, 1.82) is 0 Å². The number of hydrazone groups is 1. The van der Waals surface area contributed by atoms with Crippen molar-refractivity contribution in [2.45, 2.75) is 6.92 Å². The number of halogens is 1. The molecule has 8 nitrogen and oxygen atoms in total. The van der Waals surface area contributed by atoms with E-state index in [1.807, 2.05) is 13.0 Å². The first-order valence-corrected chi connectivity index (χ1v) is 9.00. The van der Waals surface area contributed by atoms with Gasteiger partial charge in [-0.25, -0.2) is 15.1 Å². The van der Waals surface area contributed by atoms with E-state index >= 15 is 0 Å². The van der Waals surface area contributed by atoms with Crippen LogP contribution in [0.1, 0.15) is 15.9 Å². The number of anilines is 1. The molecule has 142 valence electrons. The first-order valence-electron chi connectivity index (χ1n) is 8.21. The standard InChI is InChI=1S/C19H15BrN4O4/c1-11-3-2-4-14(9-11)24-18(27)15(17(26)22-19(24)28)10-21-23-16(25)12-5-7-13(20)8-6-12/h2-10,15H,1H3,(H,23,25)(H,22,26,28)/b21-10-/t15-/m1/s1. The number of carbonyl (C=O) groups is 4. The average molecular weight is 443 g/mol. The zero-order valence-electron chi connectivity index (χ0n) is 14.7. The van der Waals surface area contributed by atoms with Crippen molar-refractivity contribution in [2.75, 3.05) is 4.90 Å². The quantitative estimate of drug-likeness (QED) is 0.430. The molecule has 5 amide bonds. The summed E-state index contributed by atoms with van der Waals surface area (Å²) < 4.78 is 0.818. The minimum absolute atomic E-state index is 0.340. The summed E-state index contributed by atoms with van der Waals surface area (Å²) >= 11 is 3.27. The number of barbiturate groups is 1. The Kier molecular flexibility index (Phi) is 5.65. The zero-order valence-corrected chi connectivity index (χ0v) is 16.3. The molecule has 1 saturated heterocycles. The Morgan fingerprint density at radius 1 is 1.18 bits per heavy atom. The van der Waals surface area contributed by atoms with Gasteiger partial charge in [0, 0.05) is 16.3 Å². The van der Waals surface area contributed by atoms with E-state index in [0.29, 0.717) is 11.3 Å². The Balaban J connectivity index is 1.75. The van der Waals surface area contributed by atoms with E-state index in [2.05, 4.69) is 31.8 Å². The van der Waals surface area contributed by atoms with Gasteiger partial charge in [-0.2, -0.15) is 5.10 Å². The predicted octanol–water partition coefficient (Wildman–Crippen LogP) is 2.37. The van der Waals surface area contributed by atoms with Gasteiger partial charge in [0.2, 0.25) is 5.91 Å². The first kappa shape index (κ1) is 19.4. The van der Waals surface area contributed by atoms with Gasteiger partial charge in [0.05, 0.1) is 5.69 Å². The van der Waals surface area contributed by atoms with Gasteiger partial charge >= 0.3 is 6.03 Å². The Bertz CT molecular complexity index is 988. The van der Waals surface area contributed by atoms with Crippen LogP contribution in [0, 0.1) is 12.8 Å². The second-order valence-electron chi connectivity index (χ2n) is 6.01. The molecule has 0 radical (unpaired) electrons.